The summed E-state index contributed by atoms with van der Waals surface area (Å²) in [6, 6.07) is 3.44. The highest BCUT2D eigenvalue weighted by Gasteiger charge is 2.19. The molecule has 1 unspecified atom stereocenters. The van der Waals surface area contributed by atoms with Crippen molar-refractivity contribution in [3.8, 4) is 0 Å². The van der Waals surface area contributed by atoms with E-state index in [0.717, 1.165) is 6.42 Å². The zero-order valence-corrected chi connectivity index (χ0v) is 12.0. The minimum atomic E-state index is -0.0931. The molecule has 17 heavy (non-hydrogen) atoms. The third-order valence-corrected chi connectivity index (χ3v) is 3.56. The zero-order valence-electron chi connectivity index (χ0n) is 12.0. The Labute approximate surface area is 105 Å². The normalized spacial score (nSPS) is 13.5. The predicted molar refractivity (Wildman–Crippen MR) is 73.3 cm³/mol. The van der Waals surface area contributed by atoms with Gasteiger partial charge in [0, 0.05) is 0 Å². The van der Waals surface area contributed by atoms with Crippen LogP contribution in [-0.2, 0) is 0 Å². The van der Waals surface area contributed by atoms with Gasteiger partial charge in [0.2, 0.25) is 0 Å². The molecule has 0 saturated carbocycles. The van der Waals surface area contributed by atoms with Crippen LogP contribution in [0.1, 0.15) is 82.4 Å². The Balaban J connectivity index is 3.47. The Kier molecular flexibility index (Phi) is 4.73. The molecule has 0 amide bonds. The summed E-state index contributed by atoms with van der Waals surface area (Å²) in [5, 5.41) is 0. The molecule has 0 bridgehead atoms. The molecule has 1 rings (SSSR count). The van der Waals surface area contributed by atoms with Crippen LogP contribution in [0.3, 0.4) is 0 Å². The Morgan fingerprint density at radius 2 is 1.35 bits per heavy atom. The van der Waals surface area contributed by atoms with E-state index in [1.807, 2.05) is 0 Å². The van der Waals surface area contributed by atoms with Crippen molar-refractivity contribution in [2.45, 2.75) is 65.7 Å². The van der Waals surface area contributed by atoms with Crippen molar-refractivity contribution in [2.24, 2.45) is 0 Å². The molecule has 0 spiro atoms. The lowest BCUT2D eigenvalue weighted by Gasteiger charge is -2.24. The number of hydrogen-bond acceptors (Lipinski definition) is 0. The maximum Gasteiger partial charge on any atom is 0.123 e. The van der Waals surface area contributed by atoms with E-state index in [9.17, 15) is 4.39 Å². The van der Waals surface area contributed by atoms with Gasteiger partial charge in [-0.25, -0.2) is 4.39 Å². The molecule has 1 heteroatoms. The fourth-order valence-corrected chi connectivity index (χ4v) is 2.39. The van der Waals surface area contributed by atoms with Gasteiger partial charge < -0.3 is 0 Å². The summed E-state index contributed by atoms with van der Waals surface area (Å²) in [4.78, 5) is 0. The van der Waals surface area contributed by atoms with Gasteiger partial charge in [0.15, 0.2) is 0 Å². The van der Waals surface area contributed by atoms with E-state index in [-0.39, 0.29) is 5.82 Å². The van der Waals surface area contributed by atoms with Gasteiger partial charge in [0.25, 0.3) is 0 Å². The monoisotopic (exact) mass is 236 g/mol. The molecule has 0 aliphatic rings. The maximum atomic E-state index is 13.7. The molecule has 0 aliphatic heterocycles. The molecule has 0 aliphatic carbocycles. The van der Waals surface area contributed by atoms with Crippen LogP contribution in [0.4, 0.5) is 4.39 Å². The van der Waals surface area contributed by atoms with E-state index in [2.05, 4.69) is 41.5 Å². The van der Waals surface area contributed by atoms with Crippen LogP contribution in [0.25, 0.3) is 0 Å². The van der Waals surface area contributed by atoms with Crippen molar-refractivity contribution in [1.82, 2.24) is 0 Å². The Bertz CT molecular complexity index is 348. The summed E-state index contributed by atoms with van der Waals surface area (Å²) >= 11 is 0. The average Bonchev–Trinajstić information content (AvgIpc) is 2.26. The smallest absolute Gasteiger partial charge is 0.123 e. The largest absolute Gasteiger partial charge is 0.207 e. The van der Waals surface area contributed by atoms with Gasteiger partial charge in [-0.15, -0.1) is 0 Å². The molecule has 0 nitrogen and oxygen atoms in total. The van der Waals surface area contributed by atoms with Gasteiger partial charge >= 0.3 is 0 Å². The van der Waals surface area contributed by atoms with Crippen LogP contribution in [0.2, 0.25) is 0 Å². The van der Waals surface area contributed by atoms with Crippen molar-refractivity contribution in [3.63, 3.8) is 0 Å². The molecule has 0 aromatic heterocycles. The van der Waals surface area contributed by atoms with Crippen LogP contribution in [0.15, 0.2) is 12.1 Å². The highest BCUT2D eigenvalue weighted by molar-refractivity contribution is 5.41. The fraction of sp³-hybridized carbons (Fsp3) is 0.625. The second kappa shape index (κ2) is 5.66. The number of halogens is 1. The standard InChI is InChI=1S/C16H25F/c1-7-12(6)16-14(10(2)3)8-13(17)9-15(16)11(4)5/h8-12H,7H2,1-6H3. The topological polar surface area (TPSA) is 0 Å². The predicted octanol–water partition coefficient (Wildman–Crippen LogP) is 5.59. The first-order valence-electron chi connectivity index (χ1n) is 6.71. The SMILES string of the molecule is CCC(C)c1c(C(C)C)cc(F)cc1C(C)C. The van der Waals surface area contributed by atoms with Gasteiger partial charge in [-0.1, -0.05) is 41.5 Å². The highest BCUT2D eigenvalue weighted by Crippen LogP contribution is 2.35. The average molecular weight is 236 g/mol. The lowest BCUT2D eigenvalue weighted by molar-refractivity contribution is 0.607. The molecule has 0 saturated heterocycles. The minimum absolute atomic E-state index is 0.0931. The third-order valence-electron chi connectivity index (χ3n) is 3.56. The van der Waals surface area contributed by atoms with Crippen LogP contribution in [0, 0.1) is 5.82 Å². The van der Waals surface area contributed by atoms with E-state index in [0.29, 0.717) is 17.8 Å². The van der Waals surface area contributed by atoms with Gasteiger partial charge in [0.05, 0.1) is 0 Å². The number of hydrogen-bond donors (Lipinski definition) is 0. The molecule has 1 aromatic carbocycles. The fourth-order valence-electron chi connectivity index (χ4n) is 2.39. The summed E-state index contributed by atoms with van der Waals surface area (Å²) in [5.74, 6) is 1.18. The number of rotatable bonds is 4. The first kappa shape index (κ1) is 14.2. The summed E-state index contributed by atoms with van der Waals surface area (Å²) in [6.07, 6.45) is 1.10. The van der Waals surface area contributed by atoms with E-state index in [1.165, 1.54) is 16.7 Å². The van der Waals surface area contributed by atoms with E-state index in [4.69, 9.17) is 0 Å². The van der Waals surface area contributed by atoms with Crippen molar-refractivity contribution < 1.29 is 4.39 Å². The minimum Gasteiger partial charge on any atom is -0.207 e. The summed E-state index contributed by atoms with van der Waals surface area (Å²) < 4.78 is 13.7. The molecule has 96 valence electrons. The Morgan fingerprint density at radius 3 is 1.65 bits per heavy atom. The van der Waals surface area contributed by atoms with Gasteiger partial charge in [-0.2, -0.15) is 0 Å². The van der Waals surface area contributed by atoms with Crippen molar-refractivity contribution in [3.05, 3.63) is 34.6 Å². The summed E-state index contributed by atoms with van der Waals surface area (Å²) in [7, 11) is 0. The molecule has 0 radical (unpaired) electrons. The van der Waals surface area contributed by atoms with Crippen LogP contribution in [-0.4, -0.2) is 0 Å². The Hall–Kier alpha value is -0.850. The first-order chi connectivity index (χ1) is 7.88. The lowest BCUT2D eigenvalue weighted by Crippen LogP contribution is -2.07. The van der Waals surface area contributed by atoms with Crippen molar-refractivity contribution >= 4 is 0 Å². The van der Waals surface area contributed by atoms with E-state index in [1.54, 1.807) is 12.1 Å². The van der Waals surface area contributed by atoms with E-state index < -0.39 is 0 Å². The molecular formula is C16H25F. The van der Waals surface area contributed by atoms with Crippen molar-refractivity contribution in [2.75, 3.05) is 0 Å². The molecule has 0 fully saturated rings. The second-order valence-corrected chi connectivity index (χ2v) is 5.62. The Morgan fingerprint density at radius 1 is 0.941 bits per heavy atom. The van der Waals surface area contributed by atoms with Crippen molar-refractivity contribution in [1.29, 1.82) is 0 Å². The highest BCUT2D eigenvalue weighted by atomic mass is 19.1. The quantitative estimate of drug-likeness (QED) is 0.639. The summed E-state index contributed by atoms with van der Waals surface area (Å²) in [6.45, 7) is 13.0. The lowest BCUT2D eigenvalue weighted by atomic mass is 9.81. The molecule has 0 heterocycles. The molecule has 0 N–H and O–H groups in total. The molecular weight excluding hydrogens is 211 g/mol. The van der Waals surface area contributed by atoms with E-state index >= 15 is 0 Å². The van der Waals surface area contributed by atoms with Crippen LogP contribution in [0.5, 0.6) is 0 Å². The van der Waals surface area contributed by atoms with Gasteiger partial charge in [0.1, 0.15) is 5.82 Å². The second-order valence-electron chi connectivity index (χ2n) is 5.62. The van der Waals surface area contributed by atoms with Gasteiger partial charge in [-0.05, 0) is 53.0 Å². The molecule has 1 atom stereocenters. The van der Waals surface area contributed by atoms with Crippen LogP contribution >= 0.6 is 0 Å². The number of benzene rings is 1. The zero-order chi connectivity index (χ0) is 13.2. The first-order valence-corrected chi connectivity index (χ1v) is 6.71. The van der Waals surface area contributed by atoms with Crippen LogP contribution < -0.4 is 0 Å². The summed E-state index contributed by atoms with van der Waals surface area (Å²) in [5.41, 5.74) is 3.74. The third kappa shape index (κ3) is 3.08. The molecule has 1 aromatic rings. The van der Waals surface area contributed by atoms with Gasteiger partial charge in [-0.3, -0.25) is 0 Å². The maximum absolute atomic E-state index is 13.7.